The second-order valence-corrected chi connectivity index (χ2v) is 2.39. The molecule has 0 bridgehead atoms. The first-order valence-electron chi connectivity index (χ1n) is 3.37. The number of nitrogens with zero attached hydrogens (tertiary/aromatic N) is 1. The van der Waals surface area contributed by atoms with Gasteiger partial charge in [-0.25, -0.2) is 4.79 Å². The summed E-state index contributed by atoms with van der Waals surface area (Å²) in [5.74, 6) is -3.40. The van der Waals surface area contributed by atoms with Gasteiger partial charge in [-0.3, -0.25) is 10.1 Å². The van der Waals surface area contributed by atoms with Crippen molar-refractivity contribution in [2.45, 2.75) is 0 Å². The van der Waals surface area contributed by atoms with Crippen molar-refractivity contribution < 1.29 is 25.0 Å². The zero-order chi connectivity index (χ0) is 10.9. The van der Waals surface area contributed by atoms with Crippen LogP contribution in [-0.2, 0) is 0 Å². The summed E-state index contributed by atoms with van der Waals surface area (Å²) >= 11 is 0. The van der Waals surface area contributed by atoms with Crippen molar-refractivity contribution >= 4 is 11.7 Å². The van der Waals surface area contributed by atoms with Crippen LogP contribution in [0.4, 0.5) is 5.69 Å². The Hall–Kier alpha value is -2.31. The van der Waals surface area contributed by atoms with Crippen LogP contribution >= 0.6 is 0 Å². The molecule has 0 aliphatic carbocycles. The van der Waals surface area contributed by atoms with Crippen LogP contribution in [0.2, 0.25) is 0 Å². The lowest BCUT2D eigenvalue weighted by atomic mass is 10.1. The van der Waals surface area contributed by atoms with E-state index in [1.165, 1.54) is 0 Å². The molecule has 0 fully saturated rings. The zero-order valence-electron chi connectivity index (χ0n) is 6.67. The minimum atomic E-state index is -1.68. The molecule has 0 saturated heterocycles. The number of nitro benzene ring substituents is 1. The minimum absolute atomic E-state index is 0.715. The van der Waals surface area contributed by atoms with Gasteiger partial charge in [0.05, 0.1) is 4.92 Å². The highest BCUT2D eigenvalue weighted by molar-refractivity contribution is 5.96. The average molecular weight is 199 g/mol. The summed E-state index contributed by atoms with van der Waals surface area (Å²) in [5, 5.41) is 36.9. The van der Waals surface area contributed by atoms with Gasteiger partial charge in [0.2, 0.25) is 0 Å². The largest absolute Gasteiger partial charge is 0.504 e. The monoisotopic (exact) mass is 199 g/mol. The number of phenolic OH excluding ortho intramolecular Hbond substituents is 1. The number of aromatic hydroxyl groups is 2. The molecule has 0 amide bonds. The number of benzene rings is 1. The van der Waals surface area contributed by atoms with Gasteiger partial charge in [0.25, 0.3) is 5.69 Å². The molecule has 74 valence electrons. The van der Waals surface area contributed by atoms with Crippen LogP contribution in [0.3, 0.4) is 0 Å². The number of carbonyl (C=O) groups is 1. The number of carboxylic acids is 1. The van der Waals surface area contributed by atoms with Crippen molar-refractivity contribution in [3.05, 3.63) is 27.8 Å². The Balaban J connectivity index is 3.53. The van der Waals surface area contributed by atoms with Crippen LogP contribution in [-0.4, -0.2) is 26.2 Å². The molecule has 0 atom stereocenters. The van der Waals surface area contributed by atoms with Crippen molar-refractivity contribution in [2.75, 3.05) is 0 Å². The number of phenols is 2. The van der Waals surface area contributed by atoms with Gasteiger partial charge in [0, 0.05) is 6.07 Å². The molecule has 7 heteroatoms. The van der Waals surface area contributed by atoms with Crippen molar-refractivity contribution in [2.24, 2.45) is 0 Å². The molecule has 0 saturated carbocycles. The quantitative estimate of drug-likeness (QED) is 0.366. The van der Waals surface area contributed by atoms with E-state index in [-0.39, 0.29) is 0 Å². The molecule has 0 spiro atoms. The summed E-state index contributed by atoms with van der Waals surface area (Å²) < 4.78 is 0. The van der Waals surface area contributed by atoms with Gasteiger partial charge in [0.15, 0.2) is 17.1 Å². The van der Waals surface area contributed by atoms with E-state index < -0.39 is 33.6 Å². The smallest absolute Gasteiger partial charge is 0.346 e. The van der Waals surface area contributed by atoms with Crippen LogP contribution in [0.5, 0.6) is 11.5 Å². The predicted molar refractivity (Wildman–Crippen MR) is 43.4 cm³/mol. The molecule has 1 rings (SSSR count). The number of nitro groups is 1. The third kappa shape index (κ3) is 1.42. The Bertz CT molecular complexity index is 413. The minimum Gasteiger partial charge on any atom is -0.504 e. The van der Waals surface area contributed by atoms with Gasteiger partial charge in [-0.05, 0) is 6.07 Å². The van der Waals surface area contributed by atoms with Crippen LogP contribution < -0.4 is 0 Å². The van der Waals surface area contributed by atoms with E-state index in [4.69, 9.17) is 15.3 Å². The standard InChI is InChI=1S/C7H5NO6/c9-4-2-1-3(8(13)14)5(6(4)10)7(11)12/h1-2,9-10H,(H,11,12). The Kier molecular flexibility index (Phi) is 2.24. The van der Waals surface area contributed by atoms with E-state index in [2.05, 4.69) is 0 Å². The van der Waals surface area contributed by atoms with Crippen molar-refractivity contribution in [3.63, 3.8) is 0 Å². The van der Waals surface area contributed by atoms with E-state index >= 15 is 0 Å². The van der Waals surface area contributed by atoms with E-state index in [1.807, 2.05) is 0 Å². The SMILES string of the molecule is O=C(O)c1c([N+](=O)[O-])ccc(O)c1O. The fourth-order valence-corrected chi connectivity index (χ4v) is 0.933. The molecule has 0 radical (unpaired) electrons. The maximum Gasteiger partial charge on any atom is 0.346 e. The maximum absolute atomic E-state index is 10.5. The van der Waals surface area contributed by atoms with Crippen molar-refractivity contribution in [1.82, 2.24) is 0 Å². The summed E-state index contributed by atoms with van der Waals surface area (Å²) in [4.78, 5) is 19.9. The Labute approximate surface area is 77.0 Å². The molecule has 3 N–H and O–H groups in total. The molecular weight excluding hydrogens is 194 g/mol. The third-order valence-electron chi connectivity index (χ3n) is 1.55. The first-order valence-corrected chi connectivity index (χ1v) is 3.37. The van der Waals surface area contributed by atoms with E-state index in [9.17, 15) is 14.9 Å². The number of hydrogen-bond acceptors (Lipinski definition) is 5. The van der Waals surface area contributed by atoms with E-state index in [1.54, 1.807) is 0 Å². The van der Waals surface area contributed by atoms with E-state index in [0.29, 0.717) is 0 Å². The number of carboxylic acid groups (broad SMARTS) is 1. The predicted octanol–water partition coefficient (Wildman–Crippen LogP) is 0.704. The molecule has 0 heterocycles. The van der Waals surface area contributed by atoms with Crippen molar-refractivity contribution in [1.29, 1.82) is 0 Å². The molecule has 1 aromatic rings. The zero-order valence-corrected chi connectivity index (χ0v) is 6.67. The molecule has 0 aliphatic heterocycles. The second kappa shape index (κ2) is 3.21. The van der Waals surface area contributed by atoms with Gasteiger partial charge in [-0.1, -0.05) is 0 Å². The highest BCUT2D eigenvalue weighted by Gasteiger charge is 2.26. The fourth-order valence-electron chi connectivity index (χ4n) is 0.933. The molecular formula is C7H5NO6. The Morgan fingerprint density at radius 3 is 2.36 bits per heavy atom. The fraction of sp³-hybridized carbons (Fsp3) is 0. The lowest BCUT2D eigenvalue weighted by Gasteiger charge is -2.02. The van der Waals surface area contributed by atoms with Crippen LogP contribution in [0.1, 0.15) is 10.4 Å². The van der Waals surface area contributed by atoms with Gasteiger partial charge >= 0.3 is 5.97 Å². The molecule has 14 heavy (non-hydrogen) atoms. The first kappa shape index (κ1) is 9.78. The lowest BCUT2D eigenvalue weighted by molar-refractivity contribution is -0.385. The molecule has 7 nitrogen and oxygen atoms in total. The lowest BCUT2D eigenvalue weighted by Crippen LogP contribution is -2.02. The Morgan fingerprint density at radius 1 is 1.36 bits per heavy atom. The first-order chi connectivity index (χ1) is 6.45. The second-order valence-electron chi connectivity index (χ2n) is 2.39. The molecule has 0 aromatic heterocycles. The summed E-state index contributed by atoms with van der Waals surface area (Å²) in [6.07, 6.45) is 0. The normalized spacial score (nSPS) is 9.71. The summed E-state index contributed by atoms with van der Waals surface area (Å²) in [6, 6.07) is 1.65. The highest BCUT2D eigenvalue weighted by atomic mass is 16.6. The average Bonchev–Trinajstić information content (AvgIpc) is 2.08. The van der Waals surface area contributed by atoms with Crippen molar-refractivity contribution in [3.8, 4) is 11.5 Å². The van der Waals surface area contributed by atoms with Crippen LogP contribution in [0.25, 0.3) is 0 Å². The highest BCUT2D eigenvalue weighted by Crippen LogP contribution is 2.35. The van der Waals surface area contributed by atoms with Gasteiger partial charge in [-0.15, -0.1) is 0 Å². The van der Waals surface area contributed by atoms with Gasteiger partial charge in [-0.2, -0.15) is 0 Å². The van der Waals surface area contributed by atoms with Gasteiger partial charge in [0.1, 0.15) is 0 Å². The number of hydrogen-bond donors (Lipinski definition) is 3. The number of aromatic carboxylic acids is 1. The van der Waals surface area contributed by atoms with E-state index in [0.717, 1.165) is 12.1 Å². The molecule has 1 aromatic carbocycles. The number of rotatable bonds is 2. The van der Waals surface area contributed by atoms with Crippen LogP contribution in [0, 0.1) is 10.1 Å². The topological polar surface area (TPSA) is 121 Å². The summed E-state index contributed by atoms with van der Waals surface area (Å²) in [7, 11) is 0. The van der Waals surface area contributed by atoms with Crippen LogP contribution in [0.15, 0.2) is 12.1 Å². The maximum atomic E-state index is 10.5. The molecule has 0 aliphatic rings. The van der Waals surface area contributed by atoms with Gasteiger partial charge < -0.3 is 15.3 Å². The summed E-state index contributed by atoms with van der Waals surface area (Å²) in [5.41, 5.74) is -1.69. The Morgan fingerprint density at radius 2 is 1.93 bits per heavy atom. The summed E-state index contributed by atoms with van der Waals surface area (Å²) in [6.45, 7) is 0. The third-order valence-corrected chi connectivity index (χ3v) is 1.55. The molecule has 0 unspecified atom stereocenters.